The summed E-state index contributed by atoms with van der Waals surface area (Å²) in [6, 6.07) is 9.12. The van der Waals surface area contributed by atoms with Crippen molar-refractivity contribution in [2.24, 2.45) is 11.8 Å². The summed E-state index contributed by atoms with van der Waals surface area (Å²) in [6.07, 6.45) is 3.84. The Kier molecular flexibility index (Phi) is 9.05. The summed E-state index contributed by atoms with van der Waals surface area (Å²) in [6.45, 7) is 6.23. The van der Waals surface area contributed by atoms with Gasteiger partial charge in [0.15, 0.2) is 11.5 Å². The van der Waals surface area contributed by atoms with E-state index >= 15 is 0 Å². The number of likely N-dealkylation sites (tertiary alicyclic amines) is 1. The first-order valence-electron chi connectivity index (χ1n) is 10.4. The van der Waals surface area contributed by atoms with Gasteiger partial charge in [0.1, 0.15) is 17.2 Å². The molecule has 0 bridgehead atoms. The highest BCUT2D eigenvalue weighted by atomic mass is 19.1. The fourth-order valence-electron chi connectivity index (χ4n) is 3.91. The number of nitrogens with zero attached hydrogens (tertiary/aromatic N) is 2. The second kappa shape index (κ2) is 11.5. The molecule has 6 nitrogen and oxygen atoms in total. The number of ether oxygens (including phenoxy) is 1. The van der Waals surface area contributed by atoms with Crippen LogP contribution in [-0.2, 0) is 0 Å². The van der Waals surface area contributed by atoms with Crippen molar-refractivity contribution in [2.75, 3.05) is 26.7 Å². The first-order valence-corrected chi connectivity index (χ1v) is 10.4. The van der Waals surface area contributed by atoms with Crippen LogP contribution in [0.5, 0.6) is 17.2 Å². The molecule has 0 amide bonds. The highest BCUT2D eigenvalue weighted by Crippen LogP contribution is 2.37. The van der Waals surface area contributed by atoms with Crippen molar-refractivity contribution >= 4 is 5.78 Å². The van der Waals surface area contributed by atoms with E-state index in [0.717, 1.165) is 30.7 Å². The summed E-state index contributed by atoms with van der Waals surface area (Å²) in [5.74, 6) is 0.800. The Morgan fingerprint density at radius 1 is 1.10 bits per heavy atom. The summed E-state index contributed by atoms with van der Waals surface area (Å²) in [5, 5.41) is 17.9. The Balaban J connectivity index is 0.000000245. The van der Waals surface area contributed by atoms with Gasteiger partial charge >= 0.3 is 0 Å². The van der Waals surface area contributed by atoms with E-state index in [1.54, 1.807) is 31.4 Å². The minimum atomic E-state index is -0.982. The van der Waals surface area contributed by atoms with E-state index in [1.807, 2.05) is 13.8 Å². The van der Waals surface area contributed by atoms with Gasteiger partial charge in [-0.1, -0.05) is 20.3 Å². The molecule has 4 rings (SSSR count). The van der Waals surface area contributed by atoms with Crippen LogP contribution in [-0.4, -0.2) is 52.6 Å². The van der Waals surface area contributed by atoms with Gasteiger partial charge in [0.05, 0.1) is 13.7 Å². The average Bonchev–Trinajstić information content (AvgIpc) is 3.34. The Labute approximate surface area is 177 Å². The van der Waals surface area contributed by atoms with Crippen LogP contribution in [0.25, 0.3) is 0 Å². The number of aromatic hydroxyl groups is 2. The lowest BCUT2D eigenvalue weighted by atomic mass is 10.0. The van der Waals surface area contributed by atoms with E-state index in [2.05, 4.69) is 9.88 Å². The third kappa shape index (κ3) is 6.42. The number of ketones is 1. The quantitative estimate of drug-likeness (QED) is 0.570. The smallest absolute Gasteiger partial charge is 0.255 e. The molecule has 2 aromatic rings. The van der Waals surface area contributed by atoms with Crippen LogP contribution in [0.2, 0.25) is 0 Å². The number of benzene rings is 1. The molecule has 1 aromatic heterocycles. The molecule has 164 valence electrons. The third-order valence-electron chi connectivity index (χ3n) is 5.36. The van der Waals surface area contributed by atoms with Crippen molar-refractivity contribution < 1.29 is 24.1 Å². The molecule has 1 saturated carbocycles. The van der Waals surface area contributed by atoms with Crippen LogP contribution >= 0.6 is 0 Å². The topological polar surface area (TPSA) is 82.9 Å². The van der Waals surface area contributed by atoms with Crippen LogP contribution < -0.4 is 4.74 Å². The summed E-state index contributed by atoms with van der Waals surface area (Å²) >= 11 is 0. The number of fused-ring (bicyclic) bond motifs is 1. The zero-order chi connectivity index (χ0) is 22.1. The van der Waals surface area contributed by atoms with Crippen molar-refractivity contribution in [3.8, 4) is 17.2 Å². The molecule has 7 heteroatoms. The minimum Gasteiger partial charge on any atom is -0.508 e. The van der Waals surface area contributed by atoms with Gasteiger partial charge in [-0.3, -0.25) is 9.69 Å². The first kappa shape index (κ1) is 23.6. The molecule has 2 aliphatic rings. The van der Waals surface area contributed by atoms with Gasteiger partial charge in [0.2, 0.25) is 0 Å². The number of phenolic OH excluding ortho intramolecular Hbond substituents is 1. The van der Waals surface area contributed by atoms with Gasteiger partial charge in [-0.15, -0.1) is 0 Å². The molecule has 0 radical (unpaired) electrons. The average molecular weight is 419 g/mol. The maximum Gasteiger partial charge on any atom is 0.255 e. The minimum absolute atomic E-state index is 0.0901. The molecule has 2 atom stereocenters. The molecule has 1 aliphatic heterocycles. The van der Waals surface area contributed by atoms with E-state index in [9.17, 15) is 9.18 Å². The van der Waals surface area contributed by atoms with E-state index in [1.165, 1.54) is 31.4 Å². The fraction of sp³-hybridized carbons (Fsp3) is 0.478. The van der Waals surface area contributed by atoms with E-state index in [-0.39, 0.29) is 17.2 Å². The molecule has 1 aromatic carbocycles. The van der Waals surface area contributed by atoms with Crippen LogP contribution in [0.3, 0.4) is 0 Å². The number of pyridine rings is 1. The molecular weight excluding hydrogens is 387 g/mol. The van der Waals surface area contributed by atoms with Gasteiger partial charge in [-0.05, 0) is 61.1 Å². The number of phenols is 1. The largest absolute Gasteiger partial charge is 0.508 e. The molecule has 2 fully saturated rings. The van der Waals surface area contributed by atoms with Crippen LogP contribution in [0.4, 0.5) is 4.39 Å². The lowest BCUT2D eigenvalue weighted by Crippen LogP contribution is -2.29. The number of Topliss-reactive ketones (excluding diaryl/α,β-unsaturated/α-hetero) is 1. The summed E-state index contributed by atoms with van der Waals surface area (Å²) < 4.78 is 18.0. The second-order valence-corrected chi connectivity index (χ2v) is 7.27. The van der Waals surface area contributed by atoms with Gasteiger partial charge in [-0.25, -0.2) is 4.98 Å². The number of methoxy groups -OCH3 is 1. The fourth-order valence-corrected chi connectivity index (χ4v) is 3.91. The number of carbonyl (C=O) groups is 1. The molecular formula is C23H31FN2O4. The Bertz CT molecular complexity index is 801. The number of hydrogen-bond donors (Lipinski definition) is 2. The number of halogens is 1. The zero-order valence-electron chi connectivity index (χ0n) is 17.8. The number of rotatable bonds is 4. The SMILES string of the molecule is CC.COc1ccc(O)cc1.O=C(CN1C[C@H]2CCC[C@H]2C1)c1ccc(O)c(F)n1. The van der Waals surface area contributed by atoms with Crippen LogP contribution in [0.1, 0.15) is 43.6 Å². The Morgan fingerprint density at radius 3 is 2.23 bits per heavy atom. The number of hydrogen-bond acceptors (Lipinski definition) is 6. The summed E-state index contributed by atoms with van der Waals surface area (Å²) in [5.41, 5.74) is 0.0901. The molecule has 0 unspecified atom stereocenters. The molecule has 1 saturated heterocycles. The number of carbonyl (C=O) groups excluding carboxylic acids is 1. The monoisotopic (exact) mass is 418 g/mol. The molecule has 2 heterocycles. The third-order valence-corrected chi connectivity index (χ3v) is 5.36. The maximum atomic E-state index is 13.1. The molecule has 2 N–H and O–H groups in total. The van der Waals surface area contributed by atoms with Crippen LogP contribution in [0.15, 0.2) is 36.4 Å². The molecule has 1 aliphatic carbocycles. The summed E-state index contributed by atoms with van der Waals surface area (Å²) in [7, 11) is 1.59. The van der Waals surface area contributed by atoms with Gasteiger partial charge < -0.3 is 14.9 Å². The van der Waals surface area contributed by atoms with Gasteiger partial charge in [0.25, 0.3) is 5.95 Å². The summed E-state index contributed by atoms with van der Waals surface area (Å²) in [4.78, 5) is 17.7. The van der Waals surface area contributed by atoms with E-state index < -0.39 is 11.7 Å². The van der Waals surface area contributed by atoms with E-state index in [4.69, 9.17) is 14.9 Å². The van der Waals surface area contributed by atoms with Crippen molar-refractivity contribution in [3.63, 3.8) is 0 Å². The normalized spacial score (nSPS) is 19.7. The predicted molar refractivity (Wildman–Crippen MR) is 113 cm³/mol. The highest BCUT2D eigenvalue weighted by Gasteiger charge is 2.36. The molecule has 0 spiro atoms. The van der Waals surface area contributed by atoms with Crippen molar-refractivity contribution in [1.82, 2.24) is 9.88 Å². The van der Waals surface area contributed by atoms with E-state index in [0.29, 0.717) is 6.54 Å². The highest BCUT2D eigenvalue weighted by molar-refractivity contribution is 5.95. The van der Waals surface area contributed by atoms with Gasteiger partial charge in [0, 0.05) is 13.1 Å². The molecule has 30 heavy (non-hydrogen) atoms. The van der Waals surface area contributed by atoms with Crippen molar-refractivity contribution in [1.29, 1.82) is 0 Å². The first-order chi connectivity index (χ1) is 14.5. The number of aromatic nitrogens is 1. The van der Waals surface area contributed by atoms with Crippen molar-refractivity contribution in [3.05, 3.63) is 48.0 Å². The zero-order valence-corrected chi connectivity index (χ0v) is 17.8. The Hall–Kier alpha value is -2.67. The lowest BCUT2D eigenvalue weighted by molar-refractivity contribution is 0.0934. The second-order valence-electron chi connectivity index (χ2n) is 7.27. The standard InChI is InChI=1S/C14H17FN2O2.C7H8O2.C2H6/c15-14-12(18)5-4-11(16-14)13(19)8-17-6-9-2-1-3-10(9)7-17;1-9-7-4-2-6(8)3-5-7;1-2/h4-5,9-10,18H,1-3,6-8H2;2-5,8H,1H3;1-2H3/t9-,10+;;. The maximum absolute atomic E-state index is 13.1. The lowest BCUT2D eigenvalue weighted by Gasteiger charge is -2.15. The predicted octanol–water partition coefficient (Wildman–Crippen LogP) is 4.27. The van der Waals surface area contributed by atoms with Crippen LogP contribution in [0, 0.1) is 17.8 Å². The van der Waals surface area contributed by atoms with Gasteiger partial charge in [-0.2, -0.15) is 4.39 Å². The Morgan fingerprint density at radius 2 is 1.70 bits per heavy atom. The van der Waals surface area contributed by atoms with Crippen molar-refractivity contribution in [2.45, 2.75) is 33.1 Å².